The lowest BCUT2D eigenvalue weighted by Gasteiger charge is -2.41. The zero-order valence-electron chi connectivity index (χ0n) is 11.4. The predicted octanol–water partition coefficient (Wildman–Crippen LogP) is 3.17. The second-order valence-corrected chi connectivity index (χ2v) is 5.83. The Labute approximate surface area is 105 Å². The van der Waals surface area contributed by atoms with Crippen molar-refractivity contribution in [2.75, 3.05) is 19.7 Å². The number of hydrogen-bond acceptors (Lipinski definition) is 2. The largest absolute Gasteiger partial charge is 0.371 e. The second kappa shape index (κ2) is 4.79. The predicted molar refractivity (Wildman–Crippen MR) is 71.2 cm³/mol. The van der Waals surface area contributed by atoms with E-state index in [1.807, 2.05) is 0 Å². The maximum atomic E-state index is 5.93. The Morgan fingerprint density at radius 3 is 2.59 bits per heavy atom. The van der Waals surface area contributed by atoms with E-state index in [0.29, 0.717) is 0 Å². The van der Waals surface area contributed by atoms with Crippen molar-refractivity contribution in [1.29, 1.82) is 0 Å². The first kappa shape index (κ1) is 12.6. The molecule has 0 aliphatic carbocycles. The Morgan fingerprint density at radius 2 is 1.94 bits per heavy atom. The fourth-order valence-electron chi connectivity index (χ4n) is 2.39. The molecule has 1 atom stereocenters. The van der Waals surface area contributed by atoms with Crippen LogP contribution >= 0.6 is 0 Å². The van der Waals surface area contributed by atoms with Crippen LogP contribution in [0.5, 0.6) is 0 Å². The average Bonchev–Trinajstić information content (AvgIpc) is 2.29. The molecule has 0 N–H and O–H groups in total. The summed E-state index contributed by atoms with van der Waals surface area (Å²) in [6.07, 6.45) is 0.226. The zero-order valence-corrected chi connectivity index (χ0v) is 11.4. The minimum absolute atomic E-state index is 0.226. The van der Waals surface area contributed by atoms with Crippen LogP contribution in [0.15, 0.2) is 24.3 Å². The van der Waals surface area contributed by atoms with Gasteiger partial charge in [0.15, 0.2) is 0 Å². The second-order valence-electron chi connectivity index (χ2n) is 5.83. The topological polar surface area (TPSA) is 12.5 Å². The fourth-order valence-corrected chi connectivity index (χ4v) is 2.39. The maximum Gasteiger partial charge on any atom is 0.0955 e. The molecule has 0 aromatic heterocycles. The molecule has 0 bridgehead atoms. The smallest absolute Gasteiger partial charge is 0.0955 e. The summed E-state index contributed by atoms with van der Waals surface area (Å²) in [4.78, 5) is 2.51. The molecule has 0 spiro atoms. The SMILES string of the molecule is Cc1ccccc1C1CN(C(C)(C)C)CCO1. The number of hydrogen-bond donors (Lipinski definition) is 0. The third kappa shape index (κ3) is 2.88. The van der Waals surface area contributed by atoms with Crippen molar-refractivity contribution in [3.05, 3.63) is 35.4 Å². The van der Waals surface area contributed by atoms with Crippen molar-refractivity contribution >= 4 is 0 Å². The molecule has 0 amide bonds. The van der Waals surface area contributed by atoms with Gasteiger partial charge in [-0.15, -0.1) is 0 Å². The number of ether oxygens (including phenoxy) is 1. The summed E-state index contributed by atoms with van der Waals surface area (Å²) in [5.41, 5.74) is 2.89. The Kier molecular flexibility index (Phi) is 3.55. The third-order valence-electron chi connectivity index (χ3n) is 3.55. The van der Waals surface area contributed by atoms with E-state index < -0.39 is 0 Å². The van der Waals surface area contributed by atoms with Crippen molar-refractivity contribution in [1.82, 2.24) is 4.90 Å². The van der Waals surface area contributed by atoms with Gasteiger partial charge in [0.25, 0.3) is 0 Å². The Hall–Kier alpha value is -0.860. The first-order valence-electron chi connectivity index (χ1n) is 6.40. The summed E-state index contributed by atoms with van der Waals surface area (Å²) < 4.78 is 5.93. The van der Waals surface area contributed by atoms with Gasteiger partial charge < -0.3 is 4.74 Å². The van der Waals surface area contributed by atoms with Crippen LogP contribution in [0.4, 0.5) is 0 Å². The summed E-state index contributed by atoms with van der Waals surface area (Å²) in [7, 11) is 0. The van der Waals surface area contributed by atoms with Crippen LogP contribution < -0.4 is 0 Å². The highest BCUT2D eigenvalue weighted by Gasteiger charge is 2.29. The molecule has 2 rings (SSSR count). The maximum absolute atomic E-state index is 5.93. The normalized spacial score (nSPS) is 22.7. The molecule has 2 nitrogen and oxygen atoms in total. The van der Waals surface area contributed by atoms with Gasteiger partial charge in [0.05, 0.1) is 12.7 Å². The number of nitrogens with zero attached hydrogens (tertiary/aromatic N) is 1. The van der Waals surface area contributed by atoms with Gasteiger partial charge in [-0.25, -0.2) is 0 Å². The summed E-state index contributed by atoms with van der Waals surface area (Å²) >= 11 is 0. The molecular formula is C15H23NO. The van der Waals surface area contributed by atoms with E-state index in [1.54, 1.807) is 0 Å². The fraction of sp³-hybridized carbons (Fsp3) is 0.600. The molecule has 1 heterocycles. The quantitative estimate of drug-likeness (QED) is 0.738. The minimum atomic E-state index is 0.226. The molecule has 2 heteroatoms. The van der Waals surface area contributed by atoms with Gasteiger partial charge in [-0.1, -0.05) is 24.3 Å². The Bertz CT molecular complexity index is 381. The first-order valence-corrected chi connectivity index (χ1v) is 6.40. The van der Waals surface area contributed by atoms with E-state index in [1.165, 1.54) is 11.1 Å². The summed E-state index contributed by atoms with van der Waals surface area (Å²) in [5.74, 6) is 0. The molecule has 1 aliphatic heterocycles. The monoisotopic (exact) mass is 233 g/mol. The van der Waals surface area contributed by atoms with Gasteiger partial charge >= 0.3 is 0 Å². The van der Waals surface area contributed by atoms with Crippen LogP contribution in [0.25, 0.3) is 0 Å². The summed E-state index contributed by atoms with van der Waals surface area (Å²) in [6, 6.07) is 8.53. The number of aryl methyl sites for hydroxylation is 1. The molecule has 1 saturated heterocycles. The Morgan fingerprint density at radius 1 is 1.24 bits per heavy atom. The Balaban J connectivity index is 2.15. The number of morpholine rings is 1. The number of rotatable bonds is 1. The van der Waals surface area contributed by atoms with E-state index in [9.17, 15) is 0 Å². The van der Waals surface area contributed by atoms with Crippen molar-refractivity contribution in [3.8, 4) is 0 Å². The summed E-state index contributed by atoms with van der Waals surface area (Å²) in [5, 5.41) is 0. The summed E-state index contributed by atoms with van der Waals surface area (Å²) in [6.45, 7) is 11.8. The van der Waals surface area contributed by atoms with Crippen molar-refractivity contribution in [3.63, 3.8) is 0 Å². The molecule has 0 saturated carbocycles. The van der Waals surface area contributed by atoms with Gasteiger partial charge in [-0.2, -0.15) is 0 Å². The third-order valence-corrected chi connectivity index (χ3v) is 3.55. The molecule has 17 heavy (non-hydrogen) atoms. The van der Waals surface area contributed by atoms with Crippen molar-refractivity contribution in [2.24, 2.45) is 0 Å². The standard InChI is InChI=1S/C15H23NO/c1-12-7-5-6-8-13(12)14-11-16(9-10-17-14)15(2,3)4/h5-8,14H,9-11H2,1-4H3. The van der Waals surface area contributed by atoms with Crippen molar-refractivity contribution in [2.45, 2.75) is 39.3 Å². The molecule has 1 aliphatic rings. The molecule has 1 unspecified atom stereocenters. The first-order chi connectivity index (χ1) is 7.98. The van der Waals surface area contributed by atoms with Crippen LogP contribution in [-0.2, 0) is 4.74 Å². The average molecular weight is 233 g/mol. The lowest BCUT2D eigenvalue weighted by atomic mass is 9.99. The molecule has 1 aromatic rings. The minimum Gasteiger partial charge on any atom is -0.371 e. The highest BCUT2D eigenvalue weighted by Crippen LogP contribution is 2.28. The molecular weight excluding hydrogens is 210 g/mol. The van der Waals surface area contributed by atoms with Gasteiger partial charge in [0, 0.05) is 18.6 Å². The van der Waals surface area contributed by atoms with Crippen LogP contribution in [0.2, 0.25) is 0 Å². The van der Waals surface area contributed by atoms with E-state index in [2.05, 4.69) is 56.9 Å². The van der Waals surface area contributed by atoms with Crippen LogP contribution in [0.1, 0.15) is 38.0 Å². The highest BCUT2D eigenvalue weighted by atomic mass is 16.5. The van der Waals surface area contributed by atoms with Gasteiger partial charge in [0.1, 0.15) is 0 Å². The van der Waals surface area contributed by atoms with Crippen LogP contribution in [0, 0.1) is 6.92 Å². The lowest BCUT2D eigenvalue weighted by Crippen LogP contribution is -2.49. The van der Waals surface area contributed by atoms with E-state index >= 15 is 0 Å². The van der Waals surface area contributed by atoms with Crippen molar-refractivity contribution < 1.29 is 4.74 Å². The molecule has 1 aromatic carbocycles. The van der Waals surface area contributed by atoms with Crippen LogP contribution in [-0.4, -0.2) is 30.1 Å². The molecule has 0 radical (unpaired) electrons. The van der Waals surface area contributed by atoms with E-state index in [4.69, 9.17) is 4.74 Å². The molecule has 1 fully saturated rings. The lowest BCUT2D eigenvalue weighted by molar-refractivity contribution is -0.0599. The number of benzene rings is 1. The zero-order chi connectivity index (χ0) is 12.5. The highest BCUT2D eigenvalue weighted by molar-refractivity contribution is 5.28. The van der Waals surface area contributed by atoms with E-state index in [0.717, 1.165) is 19.7 Å². The molecule has 94 valence electrons. The van der Waals surface area contributed by atoms with Gasteiger partial charge in [-0.05, 0) is 38.8 Å². The van der Waals surface area contributed by atoms with E-state index in [-0.39, 0.29) is 11.6 Å². The van der Waals surface area contributed by atoms with Gasteiger partial charge in [-0.3, -0.25) is 4.90 Å². The van der Waals surface area contributed by atoms with Gasteiger partial charge in [0.2, 0.25) is 0 Å². The van der Waals surface area contributed by atoms with Crippen LogP contribution in [0.3, 0.4) is 0 Å².